The first-order valence-corrected chi connectivity index (χ1v) is 6.77. The van der Waals surface area contributed by atoms with Crippen LogP contribution in [0.3, 0.4) is 0 Å². The molecule has 0 aliphatic rings. The number of amides is 1. The number of carbonyl (C=O) groups is 1. The zero-order valence-electron chi connectivity index (χ0n) is 12.2. The number of halogens is 1. The quantitative estimate of drug-likeness (QED) is 0.831. The number of para-hydroxylation sites is 1. The van der Waals surface area contributed by atoms with E-state index in [1.807, 2.05) is 0 Å². The molecule has 1 rings (SSSR count). The molecule has 0 saturated carbocycles. The second-order valence-electron chi connectivity index (χ2n) is 5.51. The van der Waals surface area contributed by atoms with Crippen molar-refractivity contribution in [2.45, 2.75) is 45.8 Å². The van der Waals surface area contributed by atoms with Gasteiger partial charge in [-0.1, -0.05) is 23.7 Å². The zero-order chi connectivity index (χ0) is 15.3. The lowest BCUT2D eigenvalue weighted by molar-refractivity contribution is 0.0568. The summed E-state index contributed by atoms with van der Waals surface area (Å²) in [7, 11) is 0. The molecule has 1 aromatic rings. The summed E-state index contributed by atoms with van der Waals surface area (Å²) in [6, 6.07) is 8.75. The average Bonchev–Trinajstić information content (AvgIpc) is 2.30. The fourth-order valence-corrected chi connectivity index (χ4v) is 1.92. The maximum Gasteiger partial charge on any atom is 0.415 e. The smallest absolute Gasteiger partial charge is 0.415 e. The Morgan fingerprint density at radius 1 is 1.45 bits per heavy atom. The van der Waals surface area contributed by atoms with Gasteiger partial charge in [0.05, 0.1) is 29.2 Å². The number of ether oxygens (including phenoxy) is 1. The molecule has 0 spiro atoms. The normalized spacial score (nSPS) is 12.4. The van der Waals surface area contributed by atoms with Gasteiger partial charge in [-0.3, -0.25) is 4.90 Å². The summed E-state index contributed by atoms with van der Waals surface area (Å²) in [5.74, 6) is 0. The van der Waals surface area contributed by atoms with Gasteiger partial charge in [0.25, 0.3) is 0 Å². The molecular formula is C15H19ClN2O2. The number of rotatable bonds is 3. The van der Waals surface area contributed by atoms with Crippen LogP contribution in [0.15, 0.2) is 24.3 Å². The van der Waals surface area contributed by atoms with Crippen LogP contribution in [0.5, 0.6) is 0 Å². The second-order valence-corrected chi connectivity index (χ2v) is 5.92. The van der Waals surface area contributed by atoms with Crippen LogP contribution in [0.1, 0.15) is 34.1 Å². The molecule has 0 bridgehead atoms. The molecule has 0 heterocycles. The van der Waals surface area contributed by atoms with Crippen molar-refractivity contribution in [2.75, 3.05) is 4.90 Å². The van der Waals surface area contributed by atoms with E-state index in [2.05, 4.69) is 6.07 Å². The summed E-state index contributed by atoms with van der Waals surface area (Å²) in [6.07, 6.45) is -0.307. The molecule has 0 aliphatic carbocycles. The lowest BCUT2D eigenvalue weighted by atomic mass is 10.2. The van der Waals surface area contributed by atoms with Crippen molar-refractivity contribution in [3.63, 3.8) is 0 Å². The lowest BCUT2D eigenvalue weighted by Crippen LogP contribution is -2.42. The number of carbonyl (C=O) groups excluding carboxylic acids is 1. The predicted octanol–water partition coefficient (Wildman–Crippen LogP) is 4.38. The highest BCUT2D eigenvalue weighted by molar-refractivity contribution is 6.33. The van der Waals surface area contributed by atoms with E-state index < -0.39 is 11.7 Å². The van der Waals surface area contributed by atoms with Gasteiger partial charge in [-0.15, -0.1) is 0 Å². The van der Waals surface area contributed by atoms with E-state index in [-0.39, 0.29) is 12.5 Å². The Bertz CT molecular complexity index is 517. The Labute approximate surface area is 124 Å². The van der Waals surface area contributed by atoms with Crippen molar-refractivity contribution < 1.29 is 9.53 Å². The number of hydrogen-bond donors (Lipinski definition) is 0. The van der Waals surface area contributed by atoms with E-state index >= 15 is 0 Å². The first kappa shape index (κ1) is 16.3. The average molecular weight is 295 g/mol. The maximum atomic E-state index is 12.4. The third-order valence-electron chi connectivity index (χ3n) is 2.53. The predicted molar refractivity (Wildman–Crippen MR) is 79.9 cm³/mol. The van der Waals surface area contributed by atoms with Gasteiger partial charge in [0.15, 0.2) is 0 Å². The molecule has 0 aliphatic heterocycles. The lowest BCUT2D eigenvalue weighted by Gasteiger charge is -2.31. The first-order chi connectivity index (χ1) is 9.26. The molecule has 0 saturated heterocycles. The third kappa shape index (κ3) is 4.43. The van der Waals surface area contributed by atoms with Gasteiger partial charge < -0.3 is 4.74 Å². The van der Waals surface area contributed by atoms with Crippen LogP contribution < -0.4 is 4.90 Å². The Balaban J connectivity index is 3.13. The molecule has 1 aromatic carbocycles. The Hall–Kier alpha value is -1.73. The number of hydrogen-bond acceptors (Lipinski definition) is 3. The van der Waals surface area contributed by atoms with Crippen LogP contribution >= 0.6 is 11.6 Å². The van der Waals surface area contributed by atoms with E-state index in [0.29, 0.717) is 10.7 Å². The van der Waals surface area contributed by atoms with Crippen LogP contribution in [0, 0.1) is 11.3 Å². The second kappa shape index (κ2) is 6.62. The van der Waals surface area contributed by atoms with Crippen molar-refractivity contribution in [1.29, 1.82) is 5.26 Å². The third-order valence-corrected chi connectivity index (χ3v) is 2.85. The molecular weight excluding hydrogens is 276 g/mol. The van der Waals surface area contributed by atoms with Crippen LogP contribution in [0.2, 0.25) is 5.02 Å². The molecule has 1 amide bonds. The Morgan fingerprint density at radius 2 is 2.05 bits per heavy atom. The molecule has 5 heteroatoms. The fraction of sp³-hybridized carbons (Fsp3) is 0.467. The van der Waals surface area contributed by atoms with Gasteiger partial charge >= 0.3 is 6.09 Å². The molecule has 0 N–H and O–H groups in total. The minimum absolute atomic E-state index is 0.199. The molecule has 1 unspecified atom stereocenters. The minimum Gasteiger partial charge on any atom is -0.443 e. The van der Waals surface area contributed by atoms with Crippen molar-refractivity contribution in [3.05, 3.63) is 29.3 Å². The first-order valence-electron chi connectivity index (χ1n) is 6.40. The molecule has 1 atom stereocenters. The van der Waals surface area contributed by atoms with E-state index in [1.165, 1.54) is 4.90 Å². The van der Waals surface area contributed by atoms with E-state index in [1.54, 1.807) is 52.0 Å². The van der Waals surface area contributed by atoms with Gasteiger partial charge in [0.2, 0.25) is 0 Å². The molecule has 20 heavy (non-hydrogen) atoms. The van der Waals surface area contributed by atoms with Crippen LogP contribution in [0.4, 0.5) is 10.5 Å². The van der Waals surface area contributed by atoms with Gasteiger partial charge in [0.1, 0.15) is 5.60 Å². The highest BCUT2D eigenvalue weighted by Gasteiger charge is 2.28. The van der Waals surface area contributed by atoms with Gasteiger partial charge in [0, 0.05) is 0 Å². The van der Waals surface area contributed by atoms with Crippen molar-refractivity contribution in [3.8, 4) is 6.07 Å². The van der Waals surface area contributed by atoms with Gasteiger partial charge in [-0.05, 0) is 39.8 Å². The van der Waals surface area contributed by atoms with Crippen molar-refractivity contribution in [1.82, 2.24) is 0 Å². The molecule has 108 valence electrons. The monoisotopic (exact) mass is 294 g/mol. The number of anilines is 1. The molecule has 4 nitrogen and oxygen atoms in total. The van der Waals surface area contributed by atoms with Crippen LogP contribution in [-0.4, -0.2) is 17.7 Å². The van der Waals surface area contributed by atoms with Crippen molar-refractivity contribution in [2.24, 2.45) is 0 Å². The topological polar surface area (TPSA) is 53.3 Å². The van der Waals surface area contributed by atoms with Gasteiger partial charge in [-0.25, -0.2) is 4.79 Å². The zero-order valence-corrected chi connectivity index (χ0v) is 12.9. The van der Waals surface area contributed by atoms with Crippen LogP contribution in [0.25, 0.3) is 0 Å². The Morgan fingerprint density at radius 3 is 2.55 bits per heavy atom. The van der Waals surface area contributed by atoms with Crippen LogP contribution in [-0.2, 0) is 4.74 Å². The summed E-state index contributed by atoms with van der Waals surface area (Å²) < 4.78 is 5.40. The summed E-state index contributed by atoms with van der Waals surface area (Å²) in [5.41, 5.74) is -0.0608. The van der Waals surface area contributed by atoms with Gasteiger partial charge in [-0.2, -0.15) is 5.26 Å². The summed E-state index contributed by atoms with van der Waals surface area (Å²) in [6.45, 7) is 7.18. The SMILES string of the molecule is CC(CC#N)N(C(=O)OC(C)(C)C)c1ccccc1Cl. The molecule has 0 fully saturated rings. The number of nitriles is 1. The minimum atomic E-state index is -0.608. The van der Waals surface area contributed by atoms with Crippen molar-refractivity contribution >= 4 is 23.4 Å². The molecule has 0 radical (unpaired) electrons. The Kier molecular flexibility index (Phi) is 5.41. The van der Waals surface area contributed by atoms with E-state index in [4.69, 9.17) is 21.6 Å². The summed E-state index contributed by atoms with van der Waals surface area (Å²) in [4.78, 5) is 13.8. The number of nitrogens with zero attached hydrogens (tertiary/aromatic N) is 2. The standard InChI is InChI=1S/C15H19ClN2O2/c1-11(9-10-17)18(14(19)20-15(2,3)4)13-8-6-5-7-12(13)16/h5-8,11H,9H2,1-4H3. The highest BCUT2D eigenvalue weighted by Crippen LogP contribution is 2.29. The number of benzene rings is 1. The van der Waals surface area contributed by atoms with E-state index in [9.17, 15) is 4.79 Å². The molecule has 0 aromatic heterocycles. The fourth-order valence-electron chi connectivity index (χ4n) is 1.70. The largest absolute Gasteiger partial charge is 0.443 e. The maximum absolute atomic E-state index is 12.4. The highest BCUT2D eigenvalue weighted by atomic mass is 35.5. The van der Waals surface area contributed by atoms with E-state index in [0.717, 1.165) is 0 Å². The summed E-state index contributed by atoms with van der Waals surface area (Å²) >= 11 is 6.15. The summed E-state index contributed by atoms with van der Waals surface area (Å²) in [5, 5.41) is 9.30.